The van der Waals surface area contributed by atoms with E-state index < -0.39 is 18.1 Å². The largest absolute Gasteiger partial charge is 0.480 e. The van der Waals surface area contributed by atoms with E-state index in [1.807, 2.05) is 18.2 Å². The molecule has 8 nitrogen and oxygen atoms in total. The molecule has 0 spiro atoms. The zero-order chi connectivity index (χ0) is 26.3. The maximum absolute atomic E-state index is 12.2. The average molecular weight is 522 g/mol. The minimum atomic E-state index is -1.07. The number of aryl methyl sites for hydroxylation is 2. The summed E-state index contributed by atoms with van der Waals surface area (Å²) in [5, 5.41) is 15.4. The molecule has 1 amide bonds. The lowest BCUT2D eigenvalue weighted by Crippen LogP contribution is -2.43. The zero-order valence-corrected chi connectivity index (χ0v) is 21.9. The lowest BCUT2D eigenvalue weighted by molar-refractivity contribution is -0.140. The molecule has 1 aromatic heterocycles. The first-order valence-corrected chi connectivity index (χ1v) is 14.1. The number of rotatable bonds is 12. The number of hydrogen-bond acceptors (Lipinski definition) is 6. The number of nitrogens with zero attached hydrogens (tertiary/aromatic N) is 1. The SMILES string of the molecule is O=C(N[C@@H](CCOC1CC(CCc2ccc3c(n2)NCCC3)C1)C(=O)O)OC[C@H]1C[C@@H](c2ccccc2)C1. The number of carbonyl (C=O) groups is 2. The lowest BCUT2D eigenvalue weighted by atomic mass is 9.72. The summed E-state index contributed by atoms with van der Waals surface area (Å²) in [5.74, 6) is 1.43. The molecule has 2 aliphatic carbocycles. The van der Waals surface area contributed by atoms with E-state index >= 15 is 0 Å². The van der Waals surface area contributed by atoms with Crippen molar-refractivity contribution in [1.82, 2.24) is 10.3 Å². The number of pyridine rings is 1. The van der Waals surface area contributed by atoms with E-state index in [1.165, 1.54) is 17.5 Å². The van der Waals surface area contributed by atoms with Crippen molar-refractivity contribution < 1.29 is 24.2 Å². The van der Waals surface area contributed by atoms with Gasteiger partial charge in [-0.1, -0.05) is 36.4 Å². The molecule has 38 heavy (non-hydrogen) atoms. The van der Waals surface area contributed by atoms with Crippen molar-refractivity contribution in [2.45, 2.75) is 75.9 Å². The molecular weight excluding hydrogens is 482 g/mol. The maximum atomic E-state index is 12.2. The van der Waals surface area contributed by atoms with Gasteiger partial charge in [-0.05, 0) is 86.3 Å². The average Bonchev–Trinajstić information content (AvgIpc) is 2.88. The van der Waals surface area contributed by atoms with Crippen LogP contribution in [0.1, 0.15) is 67.7 Å². The number of amides is 1. The van der Waals surface area contributed by atoms with Gasteiger partial charge in [0.25, 0.3) is 0 Å². The molecule has 0 bridgehead atoms. The van der Waals surface area contributed by atoms with Gasteiger partial charge in [-0.3, -0.25) is 0 Å². The highest BCUT2D eigenvalue weighted by molar-refractivity contribution is 5.79. The van der Waals surface area contributed by atoms with Crippen molar-refractivity contribution in [3.63, 3.8) is 0 Å². The van der Waals surface area contributed by atoms with Crippen molar-refractivity contribution >= 4 is 17.9 Å². The van der Waals surface area contributed by atoms with Crippen LogP contribution in [0.4, 0.5) is 10.6 Å². The number of benzene rings is 1. The van der Waals surface area contributed by atoms with Gasteiger partial charge in [0.15, 0.2) is 0 Å². The minimum Gasteiger partial charge on any atom is -0.480 e. The first kappa shape index (κ1) is 26.5. The first-order chi connectivity index (χ1) is 18.5. The van der Waals surface area contributed by atoms with E-state index in [0.29, 0.717) is 31.0 Å². The van der Waals surface area contributed by atoms with E-state index in [4.69, 9.17) is 14.5 Å². The second kappa shape index (κ2) is 12.6. The predicted molar refractivity (Wildman–Crippen MR) is 144 cm³/mol. The molecule has 3 N–H and O–H groups in total. The van der Waals surface area contributed by atoms with Gasteiger partial charge < -0.3 is 25.2 Å². The fourth-order valence-electron chi connectivity index (χ4n) is 5.76. The molecule has 2 saturated carbocycles. The van der Waals surface area contributed by atoms with Gasteiger partial charge in [0, 0.05) is 25.3 Å². The summed E-state index contributed by atoms with van der Waals surface area (Å²) in [6.45, 7) is 1.62. The number of carbonyl (C=O) groups excluding carboxylic acids is 1. The van der Waals surface area contributed by atoms with Gasteiger partial charge in [0.1, 0.15) is 11.9 Å². The normalized spacial score (nSPS) is 24.6. The lowest BCUT2D eigenvalue weighted by Gasteiger charge is -2.35. The number of nitrogens with one attached hydrogen (secondary N) is 2. The van der Waals surface area contributed by atoms with Gasteiger partial charge in [-0.2, -0.15) is 0 Å². The summed E-state index contributed by atoms with van der Waals surface area (Å²) in [4.78, 5) is 28.6. The Bertz CT molecular complexity index is 1080. The summed E-state index contributed by atoms with van der Waals surface area (Å²) in [6.07, 6.45) is 7.98. The Morgan fingerprint density at radius 1 is 1.08 bits per heavy atom. The highest BCUT2D eigenvalue weighted by Gasteiger charge is 2.32. The van der Waals surface area contributed by atoms with Crippen LogP contribution in [0.15, 0.2) is 42.5 Å². The van der Waals surface area contributed by atoms with Crippen molar-refractivity contribution in [3.8, 4) is 0 Å². The summed E-state index contributed by atoms with van der Waals surface area (Å²) in [6, 6.07) is 13.7. The van der Waals surface area contributed by atoms with Crippen LogP contribution in [-0.4, -0.2) is 54.1 Å². The Morgan fingerprint density at radius 3 is 2.68 bits per heavy atom. The van der Waals surface area contributed by atoms with Gasteiger partial charge in [0.2, 0.25) is 0 Å². The van der Waals surface area contributed by atoms with Crippen molar-refractivity contribution in [2.24, 2.45) is 11.8 Å². The van der Waals surface area contributed by atoms with E-state index in [2.05, 4.69) is 34.9 Å². The fraction of sp³-hybridized carbons (Fsp3) is 0.567. The van der Waals surface area contributed by atoms with E-state index in [0.717, 1.165) is 63.0 Å². The van der Waals surface area contributed by atoms with Crippen molar-refractivity contribution in [2.75, 3.05) is 25.1 Å². The Hall–Kier alpha value is -3.13. The molecule has 204 valence electrons. The van der Waals surface area contributed by atoms with Crippen LogP contribution in [0, 0.1) is 11.8 Å². The summed E-state index contributed by atoms with van der Waals surface area (Å²) >= 11 is 0. The quantitative estimate of drug-likeness (QED) is 0.363. The van der Waals surface area contributed by atoms with Crippen LogP contribution >= 0.6 is 0 Å². The molecule has 2 fully saturated rings. The standard InChI is InChI=1S/C30H39N3O5/c34-29(35)27(33-30(36)38-19-21-15-24(16-21)22-5-2-1-3-6-22)12-14-37-26-17-20(18-26)8-10-25-11-9-23-7-4-13-31-28(23)32-25/h1-3,5-6,9,11,20-21,24,26-27H,4,7-8,10,12-19H2,(H,31,32)(H,33,36)(H,34,35)/t20?,21-,24+,26?,27-/m0/s1. The molecule has 8 heteroatoms. The fourth-order valence-corrected chi connectivity index (χ4v) is 5.76. The number of carboxylic acid groups (broad SMARTS) is 1. The second-order valence-corrected chi connectivity index (χ2v) is 11.1. The summed E-state index contributed by atoms with van der Waals surface area (Å²) in [7, 11) is 0. The number of alkyl carbamates (subject to hydrolysis) is 1. The zero-order valence-electron chi connectivity index (χ0n) is 21.9. The van der Waals surface area contributed by atoms with Gasteiger partial charge >= 0.3 is 12.1 Å². The Labute approximate surface area is 224 Å². The van der Waals surface area contributed by atoms with Gasteiger partial charge in [-0.25, -0.2) is 14.6 Å². The molecule has 0 saturated heterocycles. The Morgan fingerprint density at radius 2 is 1.89 bits per heavy atom. The number of anilines is 1. The number of ether oxygens (including phenoxy) is 2. The number of carboxylic acids is 1. The molecule has 2 aromatic rings. The Balaban J connectivity index is 0.931. The van der Waals surface area contributed by atoms with Gasteiger partial charge in [-0.15, -0.1) is 0 Å². The van der Waals surface area contributed by atoms with Crippen LogP contribution in [0.25, 0.3) is 0 Å². The smallest absolute Gasteiger partial charge is 0.407 e. The maximum Gasteiger partial charge on any atom is 0.407 e. The first-order valence-electron chi connectivity index (χ1n) is 14.1. The molecule has 1 atom stereocenters. The minimum absolute atomic E-state index is 0.163. The van der Waals surface area contributed by atoms with Crippen molar-refractivity contribution in [3.05, 3.63) is 59.3 Å². The van der Waals surface area contributed by atoms with E-state index in [-0.39, 0.29) is 12.5 Å². The molecule has 2 heterocycles. The molecule has 1 aliphatic heterocycles. The molecule has 0 radical (unpaired) electrons. The van der Waals surface area contributed by atoms with Crippen LogP contribution in [0.5, 0.6) is 0 Å². The number of aromatic nitrogens is 1. The number of fused-ring (bicyclic) bond motifs is 1. The highest BCUT2D eigenvalue weighted by Crippen LogP contribution is 2.41. The summed E-state index contributed by atoms with van der Waals surface area (Å²) in [5.41, 5.74) is 3.77. The molecular formula is C30H39N3O5. The third-order valence-corrected chi connectivity index (χ3v) is 8.26. The predicted octanol–water partition coefficient (Wildman–Crippen LogP) is 4.93. The third-order valence-electron chi connectivity index (χ3n) is 8.26. The van der Waals surface area contributed by atoms with E-state index in [1.54, 1.807) is 0 Å². The summed E-state index contributed by atoms with van der Waals surface area (Å²) < 4.78 is 11.2. The van der Waals surface area contributed by atoms with E-state index in [9.17, 15) is 14.7 Å². The number of aliphatic carboxylic acids is 1. The van der Waals surface area contributed by atoms with Crippen LogP contribution in [0.2, 0.25) is 0 Å². The van der Waals surface area contributed by atoms with Crippen LogP contribution in [-0.2, 0) is 27.1 Å². The second-order valence-electron chi connectivity index (χ2n) is 11.1. The molecule has 5 rings (SSSR count). The highest BCUT2D eigenvalue weighted by atomic mass is 16.5. The van der Waals surface area contributed by atoms with Crippen molar-refractivity contribution in [1.29, 1.82) is 0 Å². The Kier molecular flexibility index (Phi) is 8.79. The van der Waals surface area contributed by atoms with Crippen LogP contribution in [0.3, 0.4) is 0 Å². The molecule has 3 aliphatic rings. The number of hydrogen-bond donors (Lipinski definition) is 3. The van der Waals surface area contributed by atoms with Gasteiger partial charge in [0.05, 0.1) is 12.7 Å². The topological polar surface area (TPSA) is 110 Å². The molecule has 0 unspecified atom stereocenters. The third kappa shape index (κ3) is 7.04. The van der Waals surface area contributed by atoms with Crippen LogP contribution < -0.4 is 10.6 Å². The monoisotopic (exact) mass is 521 g/mol. The molecule has 1 aromatic carbocycles.